The number of rotatable bonds is 2. The van der Waals surface area contributed by atoms with Crippen molar-refractivity contribution >= 4 is 0 Å². The van der Waals surface area contributed by atoms with Crippen LogP contribution in [0, 0.1) is 6.07 Å². The summed E-state index contributed by atoms with van der Waals surface area (Å²) in [4.78, 5) is 4.35. The standard InChI is InChI=1S/C17H12N.Ir/c1-2-7-14(8-3-1)15-9-6-10-16(13-15)17-11-4-5-12-18-17;/h1-9,11-13H;/q-1;. The Morgan fingerprint density at radius 2 is 1.58 bits per heavy atom. The zero-order valence-corrected chi connectivity index (χ0v) is 12.6. The van der Waals surface area contributed by atoms with Gasteiger partial charge in [-0.1, -0.05) is 42.5 Å². The summed E-state index contributed by atoms with van der Waals surface area (Å²) in [5.74, 6) is 0. The third-order valence-corrected chi connectivity index (χ3v) is 2.85. The first-order valence-electron chi connectivity index (χ1n) is 5.92. The van der Waals surface area contributed by atoms with E-state index in [9.17, 15) is 0 Å². The molecule has 1 radical (unpaired) electrons. The van der Waals surface area contributed by atoms with Gasteiger partial charge < -0.3 is 4.98 Å². The van der Waals surface area contributed by atoms with E-state index in [-0.39, 0.29) is 20.1 Å². The molecule has 19 heavy (non-hydrogen) atoms. The summed E-state index contributed by atoms with van der Waals surface area (Å²) in [6, 6.07) is 25.6. The van der Waals surface area contributed by atoms with Crippen LogP contribution in [-0.4, -0.2) is 4.98 Å². The van der Waals surface area contributed by atoms with Crippen molar-refractivity contribution in [3.63, 3.8) is 0 Å². The second-order valence-corrected chi connectivity index (χ2v) is 4.07. The van der Waals surface area contributed by atoms with Crippen LogP contribution in [0.5, 0.6) is 0 Å². The molecule has 0 saturated carbocycles. The van der Waals surface area contributed by atoms with E-state index in [4.69, 9.17) is 0 Å². The van der Waals surface area contributed by atoms with Gasteiger partial charge in [0.2, 0.25) is 0 Å². The van der Waals surface area contributed by atoms with Crippen molar-refractivity contribution in [1.82, 2.24) is 4.98 Å². The van der Waals surface area contributed by atoms with Crippen LogP contribution in [0.3, 0.4) is 0 Å². The minimum Gasteiger partial charge on any atom is -0.305 e. The molecule has 1 heterocycles. The molecule has 0 aliphatic heterocycles. The van der Waals surface area contributed by atoms with E-state index in [1.165, 1.54) is 11.1 Å². The SMILES string of the molecule is [Ir].[c-]1ccc(-c2ccccc2)cc1-c1ccccn1. The molecule has 0 bridgehead atoms. The molecule has 0 amide bonds. The first-order chi connectivity index (χ1) is 8.93. The summed E-state index contributed by atoms with van der Waals surface area (Å²) in [7, 11) is 0. The molecule has 0 spiro atoms. The van der Waals surface area contributed by atoms with Crippen LogP contribution in [0.25, 0.3) is 22.4 Å². The van der Waals surface area contributed by atoms with E-state index < -0.39 is 0 Å². The Morgan fingerprint density at radius 3 is 2.32 bits per heavy atom. The molecule has 0 saturated heterocycles. The van der Waals surface area contributed by atoms with Crippen LogP contribution in [-0.2, 0) is 20.1 Å². The van der Waals surface area contributed by atoms with Gasteiger partial charge in [-0.15, -0.1) is 35.4 Å². The number of hydrogen-bond acceptors (Lipinski definition) is 1. The minimum absolute atomic E-state index is 0. The van der Waals surface area contributed by atoms with E-state index in [0.29, 0.717) is 0 Å². The zero-order valence-electron chi connectivity index (χ0n) is 10.2. The van der Waals surface area contributed by atoms with E-state index in [1.807, 2.05) is 42.5 Å². The summed E-state index contributed by atoms with van der Waals surface area (Å²) < 4.78 is 0. The largest absolute Gasteiger partial charge is 0.305 e. The molecule has 2 aromatic carbocycles. The fourth-order valence-electron chi connectivity index (χ4n) is 1.95. The molecule has 3 aromatic rings. The first kappa shape index (κ1) is 13.7. The molecule has 0 N–H and O–H groups in total. The smallest absolute Gasteiger partial charge is 0.0160 e. The second-order valence-electron chi connectivity index (χ2n) is 4.07. The van der Waals surface area contributed by atoms with Crippen molar-refractivity contribution in [1.29, 1.82) is 0 Å². The summed E-state index contributed by atoms with van der Waals surface area (Å²) >= 11 is 0. The van der Waals surface area contributed by atoms with Crippen molar-refractivity contribution in [2.24, 2.45) is 0 Å². The van der Waals surface area contributed by atoms with Gasteiger partial charge in [0.25, 0.3) is 0 Å². The van der Waals surface area contributed by atoms with E-state index in [2.05, 4.69) is 35.3 Å². The molecule has 0 atom stereocenters. The van der Waals surface area contributed by atoms with Gasteiger partial charge >= 0.3 is 0 Å². The van der Waals surface area contributed by atoms with Gasteiger partial charge in [0.1, 0.15) is 0 Å². The average molecular weight is 423 g/mol. The Balaban J connectivity index is 0.00000133. The van der Waals surface area contributed by atoms with Crippen molar-refractivity contribution < 1.29 is 20.1 Å². The van der Waals surface area contributed by atoms with Crippen molar-refractivity contribution in [3.8, 4) is 22.4 Å². The molecule has 0 aliphatic carbocycles. The van der Waals surface area contributed by atoms with Gasteiger partial charge in [0.05, 0.1) is 0 Å². The van der Waals surface area contributed by atoms with E-state index in [1.54, 1.807) is 6.20 Å². The summed E-state index contributed by atoms with van der Waals surface area (Å²) in [5.41, 5.74) is 4.38. The van der Waals surface area contributed by atoms with Crippen LogP contribution in [0.15, 0.2) is 72.9 Å². The Morgan fingerprint density at radius 1 is 0.789 bits per heavy atom. The molecule has 1 aromatic heterocycles. The summed E-state index contributed by atoms with van der Waals surface area (Å²) in [6.45, 7) is 0. The monoisotopic (exact) mass is 423 g/mol. The predicted molar refractivity (Wildman–Crippen MR) is 73.9 cm³/mol. The number of benzene rings is 2. The second kappa shape index (κ2) is 6.42. The van der Waals surface area contributed by atoms with Gasteiger partial charge in [0, 0.05) is 26.3 Å². The van der Waals surface area contributed by atoms with Crippen molar-refractivity contribution in [3.05, 3.63) is 79.0 Å². The predicted octanol–water partition coefficient (Wildman–Crippen LogP) is 4.21. The Bertz CT molecular complexity index is 581. The van der Waals surface area contributed by atoms with Gasteiger partial charge in [-0.25, -0.2) is 0 Å². The summed E-state index contributed by atoms with van der Waals surface area (Å²) in [6.07, 6.45) is 1.80. The van der Waals surface area contributed by atoms with Crippen LogP contribution >= 0.6 is 0 Å². The molecule has 0 unspecified atom stereocenters. The Hall–Kier alpha value is -1.76. The quantitative estimate of drug-likeness (QED) is 0.564. The first-order valence-corrected chi connectivity index (χ1v) is 5.92. The number of nitrogens with zero attached hydrogens (tertiary/aromatic N) is 1. The van der Waals surface area contributed by atoms with E-state index >= 15 is 0 Å². The maximum Gasteiger partial charge on any atom is 0.0160 e. The maximum atomic E-state index is 4.35. The molecule has 0 aliphatic rings. The molecule has 0 fully saturated rings. The third-order valence-electron chi connectivity index (χ3n) is 2.85. The number of hydrogen-bond donors (Lipinski definition) is 0. The Labute approximate surface area is 126 Å². The van der Waals surface area contributed by atoms with Crippen LogP contribution in [0.4, 0.5) is 0 Å². The molecular formula is C17H12IrN-. The normalized spacial score (nSPS) is 9.68. The molecule has 95 valence electrons. The third kappa shape index (κ3) is 3.17. The average Bonchev–Trinajstić information content (AvgIpc) is 2.49. The number of aromatic nitrogens is 1. The zero-order chi connectivity index (χ0) is 12.2. The minimum atomic E-state index is 0. The molecule has 3 rings (SSSR count). The van der Waals surface area contributed by atoms with Crippen LogP contribution in [0.2, 0.25) is 0 Å². The fourth-order valence-corrected chi connectivity index (χ4v) is 1.95. The van der Waals surface area contributed by atoms with Gasteiger partial charge in [-0.05, 0) is 17.3 Å². The molecule has 2 heteroatoms. The fraction of sp³-hybridized carbons (Fsp3) is 0. The van der Waals surface area contributed by atoms with Crippen molar-refractivity contribution in [2.75, 3.05) is 0 Å². The molecular weight excluding hydrogens is 410 g/mol. The van der Waals surface area contributed by atoms with Gasteiger partial charge in [0.15, 0.2) is 0 Å². The topological polar surface area (TPSA) is 12.9 Å². The Kier molecular flexibility index (Phi) is 4.62. The van der Waals surface area contributed by atoms with Crippen LogP contribution in [0.1, 0.15) is 0 Å². The maximum absolute atomic E-state index is 4.35. The van der Waals surface area contributed by atoms with Crippen LogP contribution < -0.4 is 0 Å². The molecule has 1 nitrogen and oxygen atoms in total. The number of pyridine rings is 1. The van der Waals surface area contributed by atoms with E-state index in [0.717, 1.165) is 11.3 Å². The van der Waals surface area contributed by atoms with Gasteiger partial charge in [-0.2, -0.15) is 0 Å². The summed E-state index contributed by atoms with van der Waals surface area (Å²) in [5, 5.41) is 0. The van der Waals surface area contributed by atoms with Gasteiger partial charge in [-0.3, -0.25) is 0 Å². The van der Waals surface area contributed by atoms with Crippen molar-refractivity contribution in [2.45, 2.75) is 0 Å².